The van der Waals surface area contributed by atoms with Gasteiger partial charge in [-0.25, -0.2) is 19.2 Å². The molecule has 5 nitrogen and oxygen atoms in total. The molecule has 1 heterocycles. The summed E-state index contributed by atoms with van der Waals surface area (Å²) in [6.07, 6.45) is 2.31. The lowest BCUT2D eigenvalue weighted by molar-refractivity contribution is 0.0717. The molecule has 0 fully saturated rings. The summed E-state index contributed by atoms with van der Waals surface area (Å²) in [6.45, 7) is 5.24. The smallest absolute Gasteiger partial charge is 0.346 e. The number of aromatic nitrogens is 2. The summed E-state index contributed by atoms with van der Waals surface area (Å²) in [7, 11) is 0. The van der Waals surface area contributed by atoms with Gasteiger partial charge >= 0.3 is 12.0 Å². The molecule has 0 spiro atoms. The Morgan fingerprint density at radius 1 is 1.33 bits per heavy atom. The SMILES string of the molecule is CC=Nc1nc(OC(=O)c2c(C)cccc2C)ncc1F. The summed E-state index contributed by atoms with van der Waals surface area (Å²) in [4.78, 5) is 23.3. The molecule has 0 aliphatic rings. The van der Waals surface area contributed by atoms with Crippen LogP contribution in [0.3, 0.4) is 0 Å². The normalized spacial score (nSPS) is 10.9. The number of halogens is 1. The van der Waals surface area contributed by atoms with Crippen LogP contribution in [0.25, 0.3) is 0 Å². The molecule has 0 aliphatic heterocycles. The summed E-state index contributed by atoms with van der Waals surface area (Å²) in [5.74, 6) is -1.43. The van der Waals surface area contributed by atoms with Gasteiger partial charge < -0.3 is 4.74 Å². The van der Waals surface area contributed by atoms with Crippen LogP contribution in [0.5, 0.6) is 6.01 Å². The summed E-state index contributed by atoms with van der Waals surface area (Å²) in [5, 5.41) is 0. The van der Waals surface area contributed by atoms with E-state index in [1.54, 1.807) is 6.92 Å². The van der Waals surface area contributed by atoms with Crippen LogP contribution < -0.4 is 4.74 Å². The van der Waals surface area contributed by atoms with Gasteiger partial charge in [-0.3, -0.25) is 0 Å². The first kappa shape index (κ1) is 14.8. The fraction of sp³-hybridized carbons (Fsp3) is 0.200. The average Bonchev–Trinajstić information content (AvgIpc) is 2.42. The van der Waals surface area contributed by atoms with Gasteiger partial charge in [0, 0.05) is 6.21 Å². The highest BCUT2D eigenvalue weighted by Gasteiger charge is 2.16. The van der Waals surface area contributed by atoms with Crippen LogP contribution in [-0.4, -0.2) is 22.2 Å². The van der Waals surface area contributed by atoms with E-state index < -0.39 is 11.8 Å². The van der Waals surface area contributed by atoms with Gasteiger partial charge in [-0.2, -0.15) is 4.98 Å². The number of aliphatic imine (C=N–C) groups is 1. The lowest BCUT2D eigenvalue weighted by atomic mass is 10.0. The minimum Gasteiger partial charge on any atom is -0.387 e. The Hall–Kier alpha value is -2.63. The molecule has 0 saturated heterocycles. The van der Waals surface area contributed by atoms with Crippen LogP contribution in [0.2, 0.25) is 0 Å². The number of hydrogen-bond donors (Lipinski definition) is 0. The zero-order valence-electron chi connectivity index (χ0n) is 11.9. The van der Waals surface area contributed by atoms with Gasteiger partial charge in [0.25, 0.3) is 0 Å². The molecule has 0 bridgehead atoms. The third-order valence-corrected chi connectivity index (χ3v) is 2.82. The Labute approximate surface area is 121 Å². The Morgan fingerprint density at radius 3 is 2.62 bits per heavy atom. The van der Waals surface area contributed by atoms with Crippen molar-refractivity contribution in [3.05, 3.63) is 46.9 Å². The van der Waals surface area contributed by atoms with Gasteiger partial charge in [-0.05, 0) is 31.9 Å². The van der Waals surface area contributed by atoms with Crippen molar-refractivity contribution in [3.63, 3.8) is 0 Å². The molecule has 0 atom stereocenters. The fourth-order valence-corrected chi connectivity index (χ4v) is 1.87. The van der Waals surface area contributed by atoms with E-state index in [2.05, 4.69) is 15.0 Å². The third-order valence-electron chi connectivity index (χ3n) is 2.82. The number of aryl methyl sites for hydroxylation is 2. The highest BCUT2D eigenvalue weighted by atomic mass is 19.1. The van der Waals surface area contributed by atoms with Crippen LogP contribution in [-0.2, 0) is 0 Å². The van der Waals surface area contributed by atoms with Gasteiger partial charge in [0.1, 0.15) is 0 Å². The standard InChI is InChI=1S/C15H14FN3O2/c1-4-17-13-11(16)8-18-15(19-13)21-14(20)12-9(2)6-5-7-10(12)3/h4-8H,1-3H3. The van der Waals surface area contributed by atoms with E-state index in [1.165, 1.54) is 6.21 Å². The van der Waals surface area contributed by atoms with Gasteiger partial charge in [-0.1, -0.05) is 18.2 Å². The predicted octanol–water partition coefficient (Wildman–Crippen LogP) is 3.17. The van der Waals surface area contributed by atoms with E-state index in [9.17, 15) is 9.18 Å². The highest BCUT2D eigenvalue weighted by molar-refractivity contribution is 5.93. The van der Waals surface area contributed by atoms with Crippen molar-refractivity contribution < 1.29 is 13.9 Å². The van der Waals surface area contributed by atoms with E-state index in [0.717, 1.165) is 17.3 Å². The maximum atomic E-state index is 13.4. The largest absolute Gasteiger partial charge is 0.387 e. The van der Waals surface area contributed by atoms with Crippen molar-refractivity contribution in [1.29, 1.82) is 0 Å². The Morgan fingerprint density at radius 2 is 2.00 bits per heavy atom. The quantitative estimate of drug-likeness (QED) is 0.642. The van der Waals surface area contributed by atoms with Crippen molar-refractivity contribution in [2.24, 2.45) is 4.99 Å². The van der Waals surface area contributed by atoms with Crippen LogP contribution in [0.1, 0.15) is 28.4 Å². The number of carbonyl (C=O) groups excluding carboxylic acids is 1. The van der Waals surface area contributed by atoms with E-state index >= 15 is 0 Å². The number of carbonyl (C=O) groups is 1. The molecule has 0 saturated carbocycles. The molecule has 0 aliphatic carbocycles. The molecular weight excluding hydrogens is 273 g/mol. The number of rotatable bonds is 3. The fourth-order valence-electron chi connectivity index (χ4n) is 1.87. The predicted molar refractivity (Wildman–Crippen MR) is 76.7 cm³/mol. The van der Waals surface area contributed by atoms with Gasteiger partial charge in [0.05, 0.1) is 11.8 Å². The third kappa shape index (κ3) is 3.28. The number of benzene rings is 1. The molecule has 2 rings (SSSR count). The molecule has 0 N–H and O–H groups in total. The topological polar surface area (TPSA) is 64.4 Å². The number of hydrogen-bond acceptors (Lipinski definition) is 5. The summed E-state index contributed by atoms with van der Waals surface area (Å²) in [5.41, 5.74) is 2.02. The van der Waals surface area contributed by atoms with Crippen LogP contribution in [0.4, 0.5) is 10.2 Å². The van der Waals surface area contributed by atoms with Gasteiger partial charge in [0.15, 0.2) is 11.6 Å². The zero-order valence-corrected chi connectivity index (χ0v) is 11.9. The molecule has 1 aromatic heterocycles. The molecular formula is C15H14FN3O2. The number of ether oxygens (including phenoxy) is 1. The maximum absolute atomic E-state index is 13.4. The first-order valence-corrected chi connectivity index (χ1v) is 6.32. The molecule has 0 unspecified atom stereocenters. The van der Waals surface area contributed by atoms with Crippen molar-refractivity contribution in [1.82, 2.24) is 9.97 Å². The Kier molecular flexibility index (Phi) is 4.37. The summed E-state index contributed by atoms with van der Waals surface area (Å²) >= 11 is 0. The molecule has 108 valence electrons. The highest BCUT2D eigenvalue weighted by Crippen LogP contribution is 2.19. The molecule has 2 aromatic rings. The Balaban J connectivity index is 2.30. The molecule has 0 radical (unpaired) electrons. The molecule has 21 heavy (non-hydrogen) atoms. The van der Waals surface area contributed by atoms with E-state index in [0.29, 0.717) is 5.56 Å². The molecule has 0 amide bonds. The second-order valence-corrected chi connectivity index (χ2v) is 4.37. The zero-order chi connectivity index (χ0) is 15.4. The van der Waals surface area contributed by atoms with Crippen molar-refractivity contribution in [2.75, 3.05) is 0 Å². The van der Waals surface area contributed by atoms with Crippen molar-refractivity contribution >= 4 is 18.0 Å². The minimum atomic E-state index is -0.681. The summed E-state index contributed by atoms with van der Waals surface area (Å²) < 4.78 is 18.5. The van der Waals surface area contributed by atoms with Crippen LogP contribution >= 0.6 is 0 Å². The second kappa shape index (κ2) is 6.21. The van der Waals surface area contributed by atoms with Crippen LogP contribution in [0, 0.1) is 19.7 Å². The lowest BCUT2D eigenvalue weighted by Gasteiger charge is -2.08. The number of esters is 1. The van der Waals surface area contributed by atoms with Crippen molar-refractivity contribution in [2.45, 2.75) is 20.8 Å². The maximum Gasteiger partial charge on any atom is 0.346 e. The number of nitrogens with zero attached hydrogens (tertiary/aromatic N) is 3. The Bertz CT molecular complexity index is 694. The second-order valence-electron chi connectivity index (χ2n) is 4.37. The monoisotopic (exact) mass is 287 g/mol. The lowest BCUT2D eigenvalue weighted by Crippen LogP contribution is -2.13. The van der Waals surface area contributed by atoms with E-state index in [1.807, 2.05) is 32.0 Å². The van der Waals surface area contributed by atoms with Gasteiger partial charge in [-0.15, -0.1) is 0 Å². The van der Waals surface area contributed by atoms with E-state index in [-0.39, 0.29) is 11.8 Å². The average molecular weight is 287 g/mol. The first-order valence-electron chi connectivity index (χ1n) is 6.32. The molecule has 1 aromatic carbocycles. The minimum absolute atomic E-state index is 0.170. The first-order chi connectivity index (χ1) is 10.0. The van der Waals surface area contributed by atoms with E-state index in [4.69, 9.17) is 4.74 Å². The molecule has 6 heteroatoms. The summed E-state index contributed by atoms with van der Waals surface area (Å²) in [6, 6.07) is 5.23. The van der Waals surface area contributed by atoms with Crippen LogP contribution in [0.15, 0.2) is 29.4 Å². The van der Waals surface area contributed by atoms with Gasteiger partial charge in [0.2, 0.25) is 0 Å². The van der Waals surface area contributed by atoms with Crippen molar-refractivity contribution in [3.8, 4) is 6.01 Å².